The molecule has 0 atom stereocenters. The molecule has 14 heavy (non-hydrogen) atoms. The number of rotatable bonds is 3. The van der Waals surface area contributed by atoms with E-state index in [-0.39, 0.29) is 0 Å². The number of aliphatic hydroxyl groups excluding tert-OH is 1. The number of hydrogen-bond acceptors (Lipinski definition) is 1. The van der Waals surface area contributed by atoms with Gasteiger partial charge in [0.15, 0.2) is 0 Å². The molecular formula is C11H12Cl2O. The standard InChI is InChI=1S/C11H12Cl2O/c1-2-3-9(14)6-8-4-5-10(12)11(13)7-8/h3-5,7,14H,2,6H2,1H3/b9-3+. The second kappa shape index (κ2) is 5.28. The van der Waals surface area contributed by atoms with Crippen molar-refractivity contribution >= 4 is 23.2 Å². The number of halogens is 2. The highest BCUT2D eigenvalue weighted by Gasteiger charge is 2.01. The molecule has 1 aromatic rings. The molecule has 0 heterocycles. The van der Waals surface area contributed by atoms with E-state index in [4.69, 9.17) is 23.2 Å². The molecule has 1 N–H and O–H groups in total. The molecule has 76 valence electrons. The van der Waals surface area contributed by atoms with Crippen LogP contribution in [-0.2, 0) is 6.42 Å². The Morgan fingerprint density at radius 2 is 2.07 bits per heavy atom. The summed E-state index contributed by atoms with van der Waals surface area (Å²) >= 11 is 11.6. The maximum Gasteiger partial charge on any atom is 0.0926 e. The van der Waals surface area contributed by atoms with Crippen LogP contribution in [0.25, 0.3) is 0 Å². The van der Waals surface area contributed by atoms with E-state index in [0.29, 0.717) is 22.2 Å². The second-order valence-corrected chi connectivity index (χ2v) is 3.84. The second-order valence-electron chi connectivity index (χ2n) is 3.03. The van der Waals surface area contributed by atoms with E-state index in [1.165, 1.54) is 0 Å². The smallest absolute Gasteiger partial charge is 0.0926 e. The third-order valence-corrected chi connectivity index (χ3v) is 2.55. The molecule has 1 rings (SSSR count). The number of benzene rings is 1. The van der Waals surface area contributed by atoms with Crippen molar-refractivity contribution in [2.24, 2.45) is 0 Å². The van der Waals surface area contributed by atoms with Crippen LogP contribution in [-0.4, -0.2) is 5.11 Å². The van der Waals surface area contributed by atoms with Crippen molar-refractivity contribution in [3.8, 4) is 0 Å². The van der Waals surface area contributed by atoms with E-state index < -0.39 is 0 Å². The molecule has 1 aromatic carbocycles. The van der Waals surface area contributed by atoms with Crippen LogP contribution in [0.4, 0.5) is 0 Å². The molecule has 0 bridgehead atoms. The highest BCUT2D eigenvalue weighted by atomic mass is 35.5. The first-order valence-corrected chi connectivity index (χ1v) is 5.21. The normalized spacial score (nSPS) is 11.8. The maximum absolute atomic E-state index is 9.45. The molecule has 0 saturated heterocycles. The highest BCUT2D eigenvalue weighted by Crippen LogP contribution is 2.23. The SMILES string of the molecule is CC/C=C(/O)Cc1ccc(Cl)c(Cl)c1. The molecule has 0 saturated carbocycles. The van der Waals surface area contributed by atoms with Crippen molar-refractivity contribution in [1.82, 2.24) is 0 Å². The van der Waals surface area contributed by atoms with Crippen molar-refractivity contribution < 1.29 is 5.11 Å². The van der Waals surface area contributed by atoms with Crippen LogP contribution in [0.3, 0.4) is 0 Å². The van der Waals surface area contributed by atoms with Gasteiger partial charge in [0.2, 0.25) is 0 Å². The Balaban J connectivity index is 2.78. The van der Waals surface area contributed by atoms with Gasteiger partial charge in [-0.1, -0.05) is 36.2 Å². The van der Waals surface area contributed by atoms with Crippen LogP contribution in [0, 0.1) is 0 Å². The van der Waals surface area contributed by atoms with Crippen LogP contribution < -0.4 is 0 Å². The van der Waals surface area contributed by atoms with Crippen molar-refractivity contribution in [3.05, 3.63) is 45.6 Å². The summed E-state index contributed by atoms with van der Waals surface area (Å²) in [4.78, 5) is 0. The third-order valence-electron chi connectivity index (χ3n) is 1.81. The largest absolute Gasteiger partial charge is 0.512 e. The van der Waals surface area contributed by atoms with Crippen LogP contribution in [0.15, 0.2) is 30.0 Å². The van der Waals surface area contributed by atoms with Gasteiger partial charge in [-0.05, 0) is 30.2 Å². The molecular weight excluding hydrogens is 219 g/mol. The van der Waals surface area contributed by atoms with Gasteiger partial charge in [0.05, 0.1) is 15.8 Å². The lowest BCUT2D eigenvalue weighted by atomic mass is 10.1. The van der Waals surface area contributed by atoms with Gasteiger partial charge >= 0.3 is 0 Å². The average Bonchev–Trinajstić information content (AvgIpc) is 2.12. The fourth-order valence-electron chi connectivity index (χ4n) is 1.17. The summed E-state index contributed by atoms with van der Waals surface area (Å²) in [6.45, 7) is 1.98. The predicted molar refractivity (Wildman–Crippen MR) is 61.2 cm³/mol. The summed E-state index contributed by atoms with van der Waals surface area (Å²) in [6.07, 6.45) is 3.11. The summed E-state index contributed by atoms with van der Waals surface area (Å²) in [7, 11) is 0. The molecule has 0 aliphatic rings. The first-order valence-electron chi connectivity index (χ1n) is 4.45. The molecule has 0 fully saturated rings. The summed E-state index contributed by atoms with van der Waals surface area (Å²) in [5.74, 6) is 0.367. The predicted octanol–water partition coefficient (Wildman–Crippen LogP) is 4.39. The molecule has 3 heteroatoms. The Labute approximate surface area is 94.0 Å². The topological polar surface area (TPSA) is 20.2 Å². The van der Waals surface area contributed by atoms with Crippen LogP contribution in [0.2, 0.25) is 10.0 Å². The summed E-state index contributed by atoms with van der Waals surface area (Å²) in [5, 5.41) is 10.5. The molecule has 0 unspecified atom stereocenters. The van der Waals surface area contributed by atoms with Gasteiger partial charge in [0.1, 0.15) is 0 Å². The van der Waals surface area contributed by atoms with Crippen molar-refractivity contribution in [2.75, 3.05) is 0 Å². The molecule has 0 radical (unpaired) electrons. The summed E-state index contributed by atoms with van der Waals surface area (Å²) in [6, 6.07) is 5.36. The Kier molecular flexibility index (Phi) is 4.30. The molecule has 0 aliphatic heterocycles. The summed E-state index contributed by atoms with van der Waals surface area (Å²) in [5.41, 5.74) is 0.960. The molecule has 0 aromatic heterocycles. The molecule has 0 amide bonds. The van der Waals surface area contributed by atoms with Gasteiger partial charge in [-0.25, -0.2) is 0 Å². The van der Waals surface area contributed by atoms with Crippen molar-refractivity contribution in [3.63, 3.8) is 0 Å². The fourth-order valence-corrected chi connectivity index (χ4v) is 1.49. The molecule has 0 aliphatic carbocycles. The first-order chi connectivity index (χ1) is 6.63. The Bertz CT molecular complexity index is 345. The van der Waals surface area contributed by atoms with Crippen molar-refractivity contribution in [1.29, 1.82) is 0 Å². The van der Waals surface area contributed by atoms with Crippen molar-refractivity contribution in [2.45, 2.75) is 19.8 Å². The minimum Gasteiger partial charge on any atom is -0.512 e. The lowest BCUT2D eigenvalue weighted by Crippen LogP contribution is -1.89. The molecule has 0 spiro atoms. The zero-order chi connectivity index (χ0) is 10.6. The monoisotopic (exact) mass is 230 g/mol. The van der Waals surface area contributed by atoms with E-state index in [0.717, 1.165) is 12.0 Å². The Morgan fingerprint density at radius 3 is 2.64 bits per heavy atom. The van der Waals surface area contributed by atoms with Crippen LogP contribution in [0.5, 0.6) is 0 Å². The Hall–Kier alpha value is -0.660. The number of hydrogen-bond donors (Lipinski definition) is 1. The summed E-state index contributed by atoms with van der Waals surface area (Å²) < 4.78 is 0. The lowest BCUT2D eigenvalue weighted by Gasteiger charge is -2.02. The van der Waals surface area contributed by atoms with E-state index >= 15 is 0 Å². The Morgan fingerprint density at radius 1 is 1.36 bits per heavy atom. The number of allylic oxidation sites excluding steroid dienone is 2. The van der Waals surface area contributed by atoms with Crippen LogP contribution >= 0.6 is 23.2 Å². The zero-order valence-electron chi connectivity index (χ0n) is 7.93. The quantitative estimate of drug-likeness (QED) is 0.765. The van der Waals surface area contributed by atoms with Gasteiger partial charge in [-0.2, -0.15) is 0 Å². The van der Waals surface area contributed by atoms with Gasteiger partial charge in [0, 0.05) is 6.42 Å². The highest BCUT2D eigenvalue weighted by molar-refractivity contribution is 6.42. The van der Waals surface area contributed by atoms with Gasteiger partial charge < -0.3 is 5.11 Å². The minimum atomic E-state index is 0.367. The van der Waals surface area contributed by atoms with Gasteiger partial charge in [0.25, 0.3) is 0 Å². The average molecular weight is 231 g/mol. The minimum absolute atomic E-state index is 0.367. The fraction of sp³-hybridized carbons (Fsp3) is 0.273. The lowest BCUT2D eigenvalue weighted by molar-refractivity contribution is 0.396. The van der Waals surface area contributed by atoms with E-state index in [1.54, 1.807) is 18.2 Å². The number of aliphatic hydroxyl groups is 1. The molecule has 1 nitrogen and oxygen atoms in total. The van der Waals surface area contributed by atoms with E-state index in [9.17, 15) is 5.11 Å². The van der Waals surface area contributed by atoms with E-state index in [2.05, 4.69) is 0 Å². The van der Waals surface area contributed by atoms with E-state index in [1.807, 2.05) is 13.0 Å². The first kappa shape index (κ1) is 11.4. The zero-order valence-corrected chi connectivity index (χ0v) is 9.44. The van der Waals surface area contributed by atoms with Crippen LogP contribution in [0.1, 0.15) is 18.9 Å². The van der Waals surface area contributed by atoms with Gasteiger partial charge in [-0.3, -0.25) is 0 Å². The third kappa shape index (κ3) is 3.24. The maximum atomic E-state index is 9.45. The van der Waals surface area contributed by atoms with Gasteiger partial charge in [-0.15, -0.1) is 0 Å².